The minimum absolute atomic E-state index is 0.125. The Labute approximate surface area is 97.9 Å². The van der Waals surface area contributed by atoms with Gasteiger partial charge in [-0.25, -0.2) is 0 Å². The number of ketones is 1. The molecule has 2 N–H and O–H groups in total. The third kappa shape index (κ3) is 3.46. The number of rotatable bonds is 4. The Morgan fingerprint density at radius 2 is 1.69 bits per heavy atom. The Hall–Kier alpha value is -1.15. The van der Waals surface area contributed by atoms with Gasteiger partial charge in [0.15, 0.2) is 5.78 Å². The predicted octanol–water partition coefficient (Wildman–Crippen LogP) is 2.40. The number of carbonyl (C=O) groups excluding carboxylic acids is 1. The van der Waals surface area contributed by atoms with Crippen molar-refractivity contribution in [2.24, 2.45) is 11.7 Å². The number of carbonyl (C=O) groups is 1. The maximum absolute atomic E-state index is 11.9. The highest BCUT2D eigenvalue weighted by atomic mass is 16.1. The maximum atomic E-state index is 11.9. The maximum Gasteiger partial charge on any atom is 0.154 e. The van der Waals surface area contributed by atoms with Crippen LogP contribution in [0, 0.1) is 19.8 Å². The molecule has 1 atom stereocenters. The summed E-state index contributed by atoms with van der Waals surface area (Å²) >= 11 is 0. The Bertz CT molecular complexity index is 362. The molecule has 0 aliphatic heterocycles. The average molecular weight is 219 g/mol. The lowest BCUT2D eigenvalue weighted by molar-refractivity contribution is -0.120. The molecule has 1 aromatic rings. The molecule has 0 aliphatic rings. The van der Waals surface area contributed by atoms with Crippen LogP contribution in [-0.2, 0) is 11.2 Å². The number of hydrogen-bond acceptors (Lipinski definition) is 2. The summed E-state index contributed by atoms with van der Waals surface area (Å²) in [6.45, 7) is 8.04. The fraction of sp³-hybridized carbons (Fsp3) is 0.500. The Kier molecular flexibility index (Phi) is 4.25. The average Bonchev–Trinajstić information content (AvgIpc) is 2.14. The molecule has 1 unspecified atom stereocenters. The summed E-state index contributed by atoms with van der Waals surface area (Å²) in [5, 5.41) is 0. The van der Waals surface area contributed by atoms with Gasteiger partial charge in [-0.05, 0) is 25.3 Å². The fourth-order valence-electron chi connectivity index (χ4n) is 1.86. The second kappa shape index (κ2) is 5.26. The van der Waals surface area contributed by atoms with Crippen LogP contribution in [0.3, 0.4) is 0 Å². The van der Waals surface area contributed by atoms with Crippen molar-refractivity contribution in [2.45, 2.75) is 40.2 Å². The van der Waals surface area contributed by atoms with E-state index in [0.717, 1.165) is 5.56 Å². The van der Waals surface area contributed by atoms with Crippen LogP contribution in [-0.4, -0.2) is 11.8 Å². The summed E-state index contributed by atoms with van der Waals surface area (Å²) in [5.41, 5.74) is 9.29. The van der Waals surface area contributed by atoms with Gasteiger partial charge in [-0.3, -0.25) is 4.79 Å². The van der Waals surface area contributed by atoms with Gasteiger partial charge < -0.3 is 5.73 Å². The van der Waals surface area contributed by atoms with E-state index in [2.05, 4.69) is 18.2 Å². The van der Waals surface area contributed by atoms with Gasteiger partial charge in [0.1, 0.15) is 0 Å². The van der Waals surface area contributed by atoms with Crippen molar-refractivity contribution in [1.82, 2.24) is 0 Å². The van der Waals surface area contributed by atoms with Crippen molar-refractivity contribution in [3.05, 3.63) is 34.9 Å². The molecule has 0 fully saturated rings. The molecule has 0 amide bonds. The lowest BCUT2D eigenvalue weighted by Gasteiger charge is -2.14. The fourth-order valence-corrected chi connectivity index (χ4v) is 1.86. The third-order valence-electron chi connectivity index (χ3n) is 2.75. The van der Waals surface area contributed by atoms with Crippen molar-refractivity contribution in [3.8, 4) is 0 Å². The largest absolute Gasteiger partial charge is 0.321 e. The topological polar surface area (TPSA) is 43.1 Å². The molecule has 0 spiro atoms. The SMILES string of the molecule is Cc1cc(C)cc(CC(=O)C(N)C(C)C)c1. The second-order valence-electron chi connectivity index (χ2n) is 4.91. The zero-order valence-electron chi connectivity index (χ0n) is 10.6. The highest BCUT2D eigenvalue weighted by Gasteiger charge is 2.17. The summed E-state index contributed by atoms with van der Waals surface area (Å²) in [6, 6.07) is 5.87. The van der Waals surface area contributed by atoms with E-state index in [0.29, 0.717) is 6.42 Å². The van der Waals surface area contributed by atoms with Crippen LogP contribution in [0.5, 0.6) is 0 Å². The molecule has 88 valence electrons. The molecule has 0 heterocycles. The van der Waals surface area contributed by atoms with Crippen molar-refractivity contribution < 1.29 is 4.79 Å². The van der Waals surface area contributed by atoms with Gasteiger partial charge in [0, 0.05) is 6.42 Å². The number of benzene rings is 1. The highest BCUT2D eigenvalue weighted by molar-refractivity contribution is 5.86. The van der Waals surface area contributed by atoms with E-state index in [1.165, 1.54) is 11.1 Å². The lowest BCUT2D eigenvalue weighted by Crippen LogP contribution is -2.36. The van der Waals surface area contributed by atoms with Gasteiger partial charge in [0.25, 0.3) is 0 Å². The van der Waals surface area contributed by atoms with E-state index in [-0.39, 0.29) is 17.7 Å². The first-order valence-electron chi connectivity index (χ1n) is 5.75. The normalized spacial score (nSPS) is 12.9. The molecular formula is C14H21NO. The first kappa shape index (κ1) is 12.9. The van der Waals surface area contributed by atoms with Crippen molar-refractivity contribution in [1.29, 1.82) is 0 Å². The molecule has 0 bridgehead atoms. The van der Waals surface area contributed by atoms with E-state index in [4.69, 9.17) is 5.73 Å². The predicted molar refractivity (Wildman–Crippen MR) is 67.4 cm³/mol. The zero-order valence-corrected chi connectivity index (χ0v) is 10.6. The van der Waals surface area contributed by atoms with Gasteiger partial charge in [-0.15, -0.1) is 0 Å². The van der Waals surface area contributed by atoms with E-state index in [1.54, 1.807) is 0 Å². The quantitative estimate of drug-likeness (QED) is 0.845. The monoisotopic (exact) mass is 219 g/mol. The lowest BCUT2D eigenvalue weighted by atomic mass is 9.95. The molecule has 0 saturated heterocycles. The van der Waals surface area contributed by atoms with Crippen LogP contribution in [0.25, 0.3) is 0 Å². The third-order valence-corrected chi connectivity index (χ3v) is 2.75. The van der Waals surface area contributed by atoms with Gasteiger partial charge in [-0.1, -0.05) is 43.2 Å². The standard InChI is InChI=1S/C14H21NO/c1-9(2)14(15)13(16)8-12-6-10(3)5-11(4)7-12/h5-7,9,14H,8,15H2,1-4H3. The molecule has 2 nitrogen and oxygen atoms in total. The number of nitrogens with two attached hydrogens (primary N) is 1. The minimum atomic E-state index is -0.346. The summed E-state index contributed by atoms with van der Waals surface area (Å²) in [5.74, 6) is 0.332. The second-order valence-corrected chi connectivity index (χ2v) is 4.91. The first-order valence-corrected chi connectivity index (χ1v) is 5.75. The van der Waals surface area contributed by atoms with Gasteiger partial charge in [-0.2, -0.15) is 0 Å². The summed E-state index contributed by atoms with van der Waals surface area (Å²) in [4.78, 5) is 11.9. The molecule has 0 aromatic heterocycles. The van der Waals surface area contributed by atoms with E-state index < -0.39 is 0 Å². The highest BCUT2D eigenvalue weighted by Crippen LogP contribution is 2.11. The Morgan fingerprint density at radius 3 is 2.12 bits per heavy atom. The molecule has 0 aliphatic carbocycles. The summed E-state index contributed by atoms with van der Waals surface area (Å²) in [7, 11) is 0. The Morgan fingerprint density at radius 1 is 1.19 bits per heavy atom. The molecule has 16 heavy (non-hydrogen) atoms. The molecule has 0 radical (unpaired) electrons. The minimum Gasteiger partial charge on any atom is -0.321 e. The Balaban J connectivity index is 2.77. The van der Waals surface area contributed by atoms with Crippen molar-refractivity contribution in [2.75, 3.05) is 0 Å². The molecule has 1 rings (SSSR count). The molecule has 1 aromatic carbocycles. The van der Waals surface area contributed by atoms with Gasteiger partial charge in [0.2, 0.25) is 0 Å². The van der Waals surface area contributed by atoms with Gasteiger partial charge >= 0.3 is 0 Å². The van der Waals surface area contributed by atoms with E-state index >= 15 is 0 Å². The molecule has 0 saturated carbocycles. The van der Waals surface area contributed by atoms with Crippen LogP contribution in [0.1, 0.15) is 30.5 Å². The van der Waals surface area contributed by atoms with Crippen LogP contribution in [0.15, 0.2) is 18.2 Å². The van der Waals surface area contributed by atoms with Crippen molar-refractivity contribution >= 4 is 5.78 Å². The first-order chi connectivity index (χ1) is 7.40. The van der Waals surface area contributed by atoms with E-state index in [9.17, 15) is 4.79 Å². The number of Topliss-reactive ketones (excluding diaryl/α,β-unsaturated/α-hetero) is 1. The van der Waals surface area contributed by atoms with E-state index in [1.807, 2.05) is 27.7 Å². The molecular weight excluding hydrogens is 198 g/mol. The van der Waals surface area contributed by atoms with Crippen LogP contribution >= 0.6 is 0 Å². The van der Waals surface area contributed by atoms with Gasteiger partial charge in [0.05, 0.1) is 6.04 Å². The summed E-state index contributed by atoms with van der Waals surface area (Å²) < 4.78 is 0. The van der Waals surface area contributed by atoms with Crippen LogP contribution < -0.4 is 5.73 Å². The van der Waals surface area contributed by atoms with Crippen LogP contribution in [0.4, 0.5) is 0 Å². The number of aryl methyl sites for hydroxylation is 2. The molecule has 2 heteroatoms. The zero-order chi connectivity index (χ0) is 12.3. The smallest absolute Gasteiger partial charge is 0.154 e. The summed E-state index contributed by atoms with van der Waals surface area (Å²) in [6.07, 6.45) is 0.446. The number of hydrogen-bond donors (Lipinski definition) is 1. The van der Waals surface area contributed by atoms with Crippen LogP contribution in [0.2, 0.25) is 0 Å². The van der Waals surface area contributed by atoms with Crippen molar-refractivity contribution in [3.63, 3.8) is 0 Å².